The number of carboxylic acid groups (broad SMARTS) is 1. The van der Waals surface area contributed by atoms with Crippen LogP contribution in [0.15, 0.2) is 0 Å². The van der Waals surface area contributed by atoms with Crippen LogP contribution < -0.4 is 16.4 Å². The van der Waals surface area contributed by atoms with E-state index in [2.05, 4.69) is 10.6 Å². The van der Waals surface area contributed by atoms with Gasteiger partial charge in [-0.25, -0.2) is 0 Å². The number of carbonyl (C=O) groups is 3. The largest absolute Gasteiger partial charge is 0.481 e. The number of nitrogens with two attached hydrogens (primary N) is 1. The molecule has 5 N–H and O–H groups in total. The van der Waals surface area contributed by atoms with E-state index >= 15 is 0 Å². The molecule has 1 saturated carbocycles. The number of primary amides is 1. The molecule has 0 aromatic rings. The lowest BCUT2D eigenvalue weighted by molar-refractivity contribution is -0.139. The molecule has 1 amide bonds. The average molecular weight is 285 g/mol. The molecule has 1 rings (SSSR count). The highest BCUT2D eigenvalue weighted by Gasteiger charge is 2.34. The molecule has 0 heterocycles. The second-order valence-electron chi connectivity index (χ2n) is 5.51. The van der Waals surface area contributed by atoms with Crippen molar-refractivity contribution in [1.82, 2.24) is 10.6 Å². The van der Waals surface area contributed by atoms with Gasteiger partial charge in [0.05, 0.1) is 19.0 Å². The molecular formula is C13H23N3O4. The fraction of sp³-hybridized carbons (Fsp3) is 0.769. The van der Waals surface area contributed by atoms with Crippen LogP contribution in [-0.2, 0) is 14.4 Å². The third kappa shape index (κ3) is 4.90. The van der Waals surface area contributed by atoms with E-state index in [4.69, 9.17) is 10.8 Å². The van der Waals surface area contributed by atoms with Gasteiger partial charge < -0.3 is 21.5 Å². The molecule has 7 nitrogen and oxygen atoms in total. The highest BCUT2D eigenvalue weighted by Crippen LogP contribution is 2.20. The van der Waals surface area contributed by atoms with Gasteiger partial charge in [-0.3, -0.25) is 14.4 Å². The number of nitrogens with one attached hydrogen (secondary N) is 2. The average Bonchev–Trinajstić information content (AvgIpc) is 2.31. The summed E-state index contributed by atoms with van der Waals surface area (Å²) in [5, 5.41) is 14.8. The summed E-state index contributed by atoms with van der Waals surface area (Å²) in [5.41, 5.74) is 5.18. The first-order valence-corrected chi connectivity index (χ1v) is 6.84. The molecule has 3 unspecified atom stereocenters. The standard InChI is InChI=1S/C13H23N3O4/c1-7(2)11(17)6-15-8-3-4-9(8)16-10(13(14)20)5-12(18)19/h7-10,15-16H,3-6H2,1-2H3,(H2,14,20)(H,18,19). The third-order valence-electron chi connectivity index (χ3n) is 3.59. The smallest absolute Gasteiger partial charge is 0.305 e. The van der Waals surface area contributed by atoms with Crippen LogP contribution in [0.2, 0.25) is 0 Å². The maximum Gasteiger partial charge on any atom is 0.305 e. The molecule has 0 bridgehead atoms. The van der Waals surface area contributed by atoms with Crippen molar-refractivity contribution in [2.45, 2.75) is 51.2 Å². The zero-order chi connectivity index (χ0) is 15.3. The van der Waals surface area contributed by atoms with Gasteiger partial charge in [-0.15, -0.1) is 0 Å². The molecule has 0 aromatic heterocycles. The summed E-state index contributed by atoms with van der Waals surface area (Å²) in [6.07, 6.45) is 1.39. The topological polar surface area (TPSA) is 122 Å². The van der Waals surface area contributed by atoms with E-state index in [0.29, 0.717) is 6.54 Å². The van der Waals surface area contributed by atoms with E-state index in [9.17, 15) is 14.4 Å². The number of aliphatic carboxylic acids is 1. The second-order valence-corrected chi connectivity index (χ2v) is 5.51. The number of hydrogen-bond donors (Lipinski definition) is 4. The SMILES string of the molecule is CC(C)C(=O)CNC1CCC1NC(CC(=O)O)C(N)=O. The van der Waals surface area contributed by atoms with Gasteiger partial charge >= 0.3 is 5.97 Å². The predicted molar refractivity (Wildman–Crippen MR) is 73.0 cm³/mol. The Morgan fingerprint density at radius 1 is 1.25 bits per heavy atom. The van der Waals surface area contributed by atoms with Crippen LogP contribution in [0.1, 0.15) is 33.1 Å². The van der Waals surface area contributed by atoms with Gasteiger partial charge in [-0.1, -0.05) is 13.8 Å². The van der Waals surface area contributed by atoms with Gasteiger partial charge in [-0.2, -0.15) is 0 Å². The minimum atomic E-state index is -1.07. The first kappa shape index (κ1) is 16.6. The number of carbonyl (C=O) groups excluding carboxylic acids is 2. The Kier molecular flexibility index (Phi) is 6.09. The molecule has 0 aliphatic heterocycles. The number of Topliss-reactive ketones (excluding diaryl/α,β-unsaturated/α-hetero) is 1. The molecule has 1 aliphatic rings. The molecule has 7 heteroatoms. The summed E-state index contributed by atoms with van der Waals surface area (Å²) in [7, 11) is 0. The maximum atomic E-state index is 11.5. The van der Waals surface area contributed by atoms with E-state index in [-0.39, 0.29) is 30.2 Å². The Balaban J connectivity index is 2.41. The van der Waals surface area contributed by atoms with Crippen molar-refractivity contribution in [3.8, 4) is 0 Å². The Hall–Kier alpha value is -1.47. The van der Waals surface area contributed by atoms with E-state index in [1.165, 1.54) is 0 Å². The number of hydrogen-bond acceptors (Lipinski definition) is 5. The number of rotatable bonds is 9. The minimum absolute atomic E-state index is 0.0145. The third-order valence-corrected chi connectivity index (χ3v) is 3.59. The van der Waals surface area contributed by atoms with Gasteiger partial charge in [0.15, 0.2) is 0 Å². The Morgan fingerprint density at radius 3 is 2.25 bits per heavy atom. The Labute approximate surface area is 118 Å². The second kappa shape index (κ2) is 7.35. The van der Waals surface area contributed by atoms with Crippen molar-refractivity contribution in [2.75, 3.05) is 6.54 Å². The first-order valence-electron chi connectivity index (χ1n) is 6.84. The highest BCUT2D eigenvalue weighted by atomic mass is 16.4. The van der Waals surface area contributed by atoms with Crippen LogP contribution in [0.5, 0.6) is 0 Å². The molecule has 1 fully saturated rings. The van der Waals surface area contributed by atoms with Gasteiger partial charge in [-0.05, 0) is 12.8 Å². The van der Waals surface area contributed by atoms with Crippen molar-refractivity contribution >= 4 is 17.7 Å². The van der Waals surface area contributed by atoms with Gasteiger partial charge in [0, 0.05) is 18.0 Å². The predicted octanol–water partition coefficient (Wildman–Crippen LogP) is -0.750. The Bertz CT molecular complexity index is 384. The van der Waals surface area contributed by atoms with Crippen molar-refractivity contribution in [3.63, 3.8) is 0 Å². The molecular weight excluding hydrogens is 262 g/mol. The summed E-state index contributed by atoms with van der Waals surface area (Å²) in [6, 6.07) is -0.817. The van der Waals surface area contributed by atoms with Gasteiger partial charge in [0.1, 0.15) is 5.78 Å². The van der Waals surface area contributed by atoms with Crippen molar-refractivity contribution in [2.24, 2.45) is 11.7 Å². The zero-order valence-electron chi connectivity index (χ0n) is 11.9. The summed E-state index contributed by atoms with van der Waals surface area (Å²) in [5.74, 6) is -1.62. The molecule has 20 heavy (non-hydrogen) atoms. The van der Waals surface area contributed by atoms with Crippen LogP contribution >= 0.6 is 0 Å². The fourth-order valence-corrected chi connectivity index (χ4v) is 2.05. The summed E-state index contributed by atoms with van der Waals surface area (Å²) >= 11 is 0. The Morgan fingerprint density at radius 2 is 1.85 bits per heavy atom. The van der Waals surface area contributed by atoms with Crippen LogP contribution in [0.25, 0.3) is 0 Å². The van der Waals surface area contributed by atoms with E-state index in [1.807, 2.05) is 13.8 Å². The number of amides is 1. The molecule has 0 radical (unpaired) electrons. The number of ketones is 1. The maximum absolute atomic E-state index is 11.5. The molecule has 1 aliphatic carbocycles. The van der Waals surface area contributed by atoms with Gasteiger partial charge in [0.25, 0.3) is 0 Å². The molecule has 0 saturated heterocycles. The van der Waals surface area contributed by atoms with Crippen LogP contribution in [0.4, 0.5) is 0 Å². The van der Waals surface area contributed by atoms with E-state index in [1.54, 1.807) is 0 Å². The molecule has 114 valence electrons. The lowest BCUT2D eigenvalue weighted by atomic mass is 9.85. The molecule has 0 aromatic carbocycles. The van der Waals surface area contributed by atoms with Crippen LogP contribution in [0, 0.1) is 5.92 Å². The quantitative estimate of drug-likeness (QED) is 0.442. The van der Waals surface area contributed by atoms with Crippen molar-refractivity contribution in [1.29, 1.82) is 0 Å². The first-order chi connectivity index (χ1) is 9.31. The lowest BCUT2D eigenvalue weighted by Gasteiger charge is -2.39. The van der Waals surface area contributed by atoms with E-state index in [0.717, 1.165) is 12.8 Å². The molecule has 3 atom stereocenters. The van der Waals surface area contributed by atoms with Crippen molar-refractivity contribution < 1.29 is 19.5 Å². The van der Waals surface area contributed by atoms with Crippen LogP contribution in [0.3, 0.4) is 0 Å². The highest BCUT2D eigenvalue weighted by molar-refractivity contribution is 5.84. The minimum Gasteiger partial charge on any atom is -0.481 e. The van der Waals surface area contributed by atoms with Crippen LogP contribution in [-0.4, -0.2) is 47.4 Å². The normalized spacial score (nSPS) is 23.1. The summed E-state index contributed by atoms with van der Waals surface area (Å²) in [6.45, 7) is 3.98. The monoisotopic (exact) mass is 285 g/mol. The summed E-state index contributed by atoms with van der Waals surface area (Å²) in [4.78, 5) is 33.4. The van der Waals surface area contributed by atoms with Crippen molar-refractivity contribution in [3.05, 3.63) is 0 Å². The number of carboxylic acids is 1. The lowest BCUT2D eigenvalue weighted by Crippen LogP contribution is -2.60. The summed E-state index contributed by atoms with van der Waals surface area (Å²) < 4.78 is 0. The van der Waals surface area contributed by atoms with Gasteiger partial charge in [0.2, 0.25) is 5.91 Å². The van der Waals surface area contributed by atoms with E-state index < -0.39 is 17.9 Å². The molecule has 0 spiro atoms. The fourth-order valence-electron chi connectivity index (χ4n) is 2.05. The zero-order valence-corrected chi connectivity index (χ0v) is 11.9.